The molecular weight excluding hydrogens is 469 g/mol. The minimum absolute atomic E-state index is 0.132. The minimum atomic E-state index is -0.173. The summed E-state index contributed by atoms with van der Waals surface area (Å²) in [5.74, 6) is 0.319. The van der Waals surface area contributed by atoms with E-state index in [1.807, 2.05) is 24.3 Å². The van der Waals surface area contributed by atoms with Gasteiger partial charge in [-0.3, -0.25) is 4.79 Å². The summed E-state index contributed by atoms with van der Waals surface area (Å²) < 4.78 is 5.65. The monoisotopic (exact) mass is 491 g/mol. The van der Waals surface area contributed by atoms with Gasteiger partial charge < -0.3 is 19.5 Å². The van der Waals surface area contributed by atoms with Crippen LogP contribution in [-0.2, 0) is 4.79 Å². The average Bonchev–Trinajstić information content (AvgIpc) is 3.27. The van der Waals surface area contributed by atoms with Gasteiger partial charge in [0.15, 0.2) is 0 Å². The zero-order valence-corrected chi connectivity index (χ0v) is 19.9. The maximum atomic E-state index is 12.6. The Bertz CT molecular complexity index is 1090. The van der Waals surface area contributed by atoms with Crippen LogP contribution in [0.1, 0.15) is 6.92 Å². The lowest BCUT2D eigenvalue weighted by Gasteiger charge is -2.36. The number of hydrogen-bond acceptors (Lipinski definition) is 7. The van der Waals surface area contributed by atoms with Crippen molar-refractivity contribution in [1.82, 2.24) is 15.1 Å². The second kappa shape index (κ2) is 10.6. The number of halogens is 2. The summed E-state index contributed by atoms with van der Waals surface area (Å²) in [6.45, 7) is 7.01. The minimum Gasteiger partial charge on any atom is -0.411 e. The fourth-order valence-corrected chi connectivity index (χ4v) is 4.43. The Morgan fingerprint density at radius 1 is 1.09 bits per heavy atom. The van der Waals surface area contributed by atoms with E-state index in [0.717, 1.165) is 44.0 Å². The highest BCUT2D eigenvalue weighted by Crippen LogP contribution is 2.31. The molecule has 0 spiro atoms. The number of nitrogens with zero attached hydrogens (tertiary/aromatic N) is 4. The van der Waals surface area contributed by atoms with Crippen LogP contribution in [0.4, 0.5) is 11.4 Å². The van der Waals surface area contributed by atoms with Crippen molar-refractivity contribution in [1.29, 1.82) is 0 Å². The highest BCUT2D eigenvalue weighted by molar-refractivity contribution is 7.99. The van der Waals surface area contributed by atoms with Gasteiger partial charge in [-0.15, -0.1) is 10.2 Å². The molecule has 1 fully saturated rings. The van der Waals surface area contributed by atoms with Crippen LogP contribution in [0, 0.1) is 0 Å². The number of likely N-dealkylation sites (N-methyl/N-ethyl adjacent to an activating group) is 1. The Labute approximate surface area is 201 Å². The van der Waals surface area contributed by atoms with Crippen molar-refractivity contribution in [3.05, 3.63) is 52.5 Å². The van der Waals surface area contributed by atoms with Gasteiger partial charge in [0.2, 0.25) is 11.8 Å². The lowest BCUT2D eigenvalue weighted by Crippen LogP contribution is -2.46. The van der Waals surface area contributed by atoms with E-state index < -0.39 is 0 Å². The van der Waals surface area contributed by atoms with E-state index >= 15 is 0 Å². The largest absolute Gasteiger partial charge is 0.411 e. The van der Waals surface area contributed by atoms with Crippen molar-refractivity contribution in [2.75, 3.05) is 48.7 Å². The summed E-state index contributed by atoms with van der Waals surface area (Å²) in [4.78, 5) is 17.3. The number of nitrogens with one attached hydrogen (secondary N) is 1. The molecule has 0 aliphatic carbocycles. The van der Waals surface area contributed by atoms with Crippen LogP contribution in [0.3, 0.4) is 0 Å². The first kappa shape index (κ1) is 22.9. The van der Waals surface area contributed by atoms with E-state index in [2.05, 4.69) is 32.2 Å². The summed E-state index contributed by atoms with van der Waals surface area (Å²) in [6, 6.07) is 12.8. The molecule has 0 radical (unpaired) electrons. The highest BCUT2D eigenvalue weighted by Gasteiger charge is 2.20. The molecule has 1 saturated heterocycles. The Kier molecular flexibility index (Phi) is 7.57. The van der Waals surface area contributed by atoms with Gasteiger partial charge in [0.25, 0.3) is 5.22 Å². The molecule has 0 saturated carbocycles. The number of carbonyl (C=O) groups is 1. The lowest BCUT2D eigenvalue weighted by atomic mass is 10.2. The maximum Gasteiger partial charge on any atom is 0.277 e. The summed E-state index contributed by atoms with van der Waals surface area (Å²) in [7, 11) is 0. The molecule has 1 aliphatic rings. The van der Waals surface area contributed by atoms with Crippen molar-refractivity contribution in [2.24, 2.45) is 0 Å². The Morgan fingerprint density at radius 3 is 2.62 bits per heavy atom. The summed E-state index contributed by atoms with van der Waals surface area (Å²) in [5, 5.41) is 12.5. The molecule has 2 aromatic carbocycles. The van der Waals surface area contributed by atoms with Gasteiger partial charge >= 0.3 is 0 Å². The van der Waals surface area contributed by atoms with E-state index in [1.165, 1.54) is 11.8 Å². The van der Waals surface area contributed by atoms with Gasteiger partial charge in [-0.2, -0.15) is 0 Å². The van der Waals surface area contributed by atoms with Crippen molar-refractivity contribution >= 4 is 52.2 Å². The second-order valence-electron chi connectivity index (χ2n) is 7.30. The molecule has 0 bridgehead atoms. The Hall–Kier alpha value is -2.26. The molecule has 32 heavy (non-hydrogen) atoms. The Morgan fingerprint density at radius 2 is 1.88 bits per heavy atom. The molecule has 1 aliphatic heterocycles. The predicted octanol–water partition coefficient (Wildman–Crippen LogP) is 4.92. The van der Waals surface area contributed by atoms with Crippen LogP contribution in [0.5, 0.6) is 0 Å². The number of rotatable bonds is 7. The van der Waals surface area contributed by atoms with Crippen LogP contribution in [0.2, 0.25) is 10.0 Å². The Balaban J connectivity index is 1.38. The van der Waals surface area contributed by atoms with Gasteiger partial charge in [-0.05, 0) is 42.9 Å². The molecule has 3 aromatic rings. The first-order chi connectivity index (χ1) is 15.5. The van der Waals surface area contributed by atoms with Crippen LogP contribution < -0.4 is 10.2 Å². The third-order valence-electron chi connectivity index (χ3n) is 5.20. The summed E-state index contributed by atoms with van der Waals surface area (Å²) in [5.41, 5.74) is 2.41. The summed E-state index contributed by atoms with van der Waals surface area (Å²) >= 11 is 13.4. The molecule has 1 aromatic heterocycles. The number of piperazine rings is 1. The maximum absolute atomic E-state index is 12.6. The smallest absolute Gasteiger partial charge is 0.277 e. The number of aromatic nitrogens is 2. The average molecular weight is 492 g/mol. The van der Waals surface area contributed by atoms with Crippen molar-refractivity contribution in [3.8, 4) is 11.5 Å². The van der Waals surface area contributed by atoms with Crippen LogP contribution >= 0.6 is 35.0 Å². The van der Waals surface area contributed by atoms with Gasteiger partial charge in [-0.25, -0.2) is 0 Å². The number of carbonyl (C=O) groups excluding carboxylic acids is 1. The van der Waals surface area contributed by atoms with E-state index in [4.69, 9.17) is 27.6 Å². The topological polar surface area (TPSA) is 74.5 Å². The van der Waals surface area contributed by atoms with Crippen LogP contribution in [0.25, 0.3) is 11.5 Å². The highest BCUT2D eigenvalue weighted by atomic mass is 35.5. The van der Waals surface area contributed by atoms with Gasteiger partial charge in [0, 0.05) is 41.8 Å². The molecule has 1 N–H and O–H groups in total. The molecule has 168 valence electrons. The first-order valence-corrected chi connectivity index (χ1v) is 12.0. The van der Waals surface area contributed by atoms with Gasteiger partial charge in [-0.1, -0.05) is 48.0 Å². The second-order valence-corrected chi connectivity index (χ2v) is 9.10. The lowest BCUT2D eigenvalue weighted by molar-refractivity contribution is -0.113. The third kappa shape index (κ3) is 5.75. The first-order valence-electron chi connectivity index (χ1n) is 10.3. The molecule has 10 heteroatoms. The zero-order valence-electron chi connectivity index (χ0n) is 17.6. The molecule has 4 rings (SSSR count). The number of amides is 1. The van der Waals surface area contributed by atoms with Gasteiger partial charge in [0.1, 0.15) is 0 Å². The van der Waals surface area contributed by atoms with E-state index in [9.17, 15) is 4.79 Å². The fraction of sp³-hybridized carbons (Fsp3) is 0.318. The zero-order chi connectivity index (χ0) is 22.5. The van der Waals surface area contributed by atoms with E-state index in [-0.39, 0.29) is 11.7 Å². The molecule has 7 nitrogen and oxygen atoms in total. The summed E-state index contributed by atoms with van der Waals surface area (Å²) in [6.07, 6.45) is 0. The van der Waals surface area contributed by atoms with Crippen molar-refractivity contribution in [3.63, 3.8) is 0 Å². The van der Waals surface area contributed by atoms with Crippen molar-refractivity contribution in [2.45, 2.75) is 12.1 Å². The number of thioether (sulfide) groups is 1. The number of hydrogen-bond donors (Lipinski definition) is 1. The van der Waals surface area contributed by atoms with E-state index in [0.29, 0.717) is 26.8 Å². The van der Waals surface area contributed by atoms with Crippen molar-refractivity contribution < 1.29 is 9.21 Å². The molecule has 1 amide bonds. The van der Waals surface area contributed by atoms with E-state index in [1.54, 1.807) is 18.2 Å². The quantitative estimate of drug-likeness (QED) is 0.470. The number of benzene rings is 2. The third-order valence-corrected chi connectivity index (χ3v) is 6.49. The predicted molar refractivity (Wildman–Crippen MR) is 130 cm³/mol. The molecule has 0 unspecified atom stereocenters. The SMILES string of the molecule is CCN1CCN(c2ccc(Cl)cc2NC(=O)CSc2nnc(-c3cccc(Cl)c3)o2)CC1. The number of anilines is 2. The van der Waals surface area contributed by atoms with Gasteiger partial charge in [0.05, 0.1) is 17.1 Å². The molecular formula is C22H23Cl2N5O2S. The van der Waals surface area contributed by atoms with Crippen LogP contribution in [0.15, 0.2) is 52.1 Å². The fourth-order valence-electron chi connectivity index (χ4n) is 3.51. The molecule has 0 atom stereocenters. The normalized spacial score (nSPS) is 14.5. The molecule has 2 heterocycles. The van der Waals surface area contributed by atoms with Crippen LogP contribution in [-0.4, -0.2) is 59.5 Å². The standard InChI is InChI=1S/C22H23Cl2N5O2S/c1-2-28-8-10-29(11-9-28)19-7-6-17(24)13-18(19)25-20(30)14-32-22-27-26-21(31-22)15-4-3-5-16(23)12-15/h3-7,12-13H,2,8-11,14H2,1H3,(H,25,30).